The minimum Gasteiger partial charge on any atom is -0.497 e. The van der Waals surface area contributed by atoms with Crippen LogP contribution in [0.1, 0.15) is 5.69 Å². The molecule has 0 radical (unpaired) electrons. The van der Waals surface area contributed by atoms with Gasteiger partial charge in [0.25, 0.3) is 0 Å². The fourth-order valence-electron chi connectivity index (χ4n) is 1.46. The molecule has 0 unspecified atom stereocenters. The number of rotatable bonds is 1. The molecule has 0 spiro atoms. The Bertz CT molecular complexity index is 527. The number of halogens is 2. The van der Waals surface area contributed by atoms with Crippen LogP contribution >= 0.6 is 27.5 Å². The second-order valence-corrected chi connectivity index (χ2v) is 4.36. The van der Waals surface area contributed by atoms with Crippen LogP contribution in [-0.4, -0.2) is 12.1 Å². The van der Waals surface area contributed by atoms with E-state index >= 15 is 0 Å². The summed E-state index contributed by atoms with van der Waals surface area (Å²) in [6.45, 7) is 1.91. The van der Waals surface area contributed by atoms with Gasteiger partial charge >= 0.3 is 0 Å². The molecular weight excluding hydrogens is 277 g/mol. The molecule has 0 saturated carbocycles. The second kappa shape index (κ2) is 3.99. The van der Waals surface area contributed by atoms with Crippen molar-refractivity contribution in [2.24, 2.45) is 0 Å². The van der Waals surface area contributed by atoms with Gasteiger partial charge in [0, 0.05) is 15.2 Å². The van der Waals surface area contributed by atoms with Crippen LogP contribution in [0.25, 0.3) is 10.8 Å². The normalized spacial score (nSPS) is 10.7. The highest BCUT2D eigenvalue weighted by Crippen LogP contribution is 2.33. The topological polar surface area (TPSA) is 22.1 Å². The summed E-state index contributed by atoms with van der Waals surface area (Å²) in [5.74, 6) is 0.810. The Kier molecular flexibility index (Phi) is 2.85. The smallest absolute Gasteiger partial charge is 0.137 e. The Morgan fingerprint density at radius 3 is 2.73 bits per heavy atom. The highest BCUT2D eigenvalue weighted by Gasteiger charge is 2.08. The third kappa shape index (κ3) is 1.82. The maximum atomic E-state index is 6.06. The van der Waals surface area contributed by atoms with Gasteiger partial charge in [0.05, 0.1) is 12.8 Å². The fraction of sp³-hybridized carbons (Fsp3) is 0.182. The van der Waals surface area contributed by atoms with E-state index in [9.17, 15) is 0 Å². The first-order valence-electron chi connectivity index (χ1n) is 4.43. The van der Waals surface area contributed by atoms with Gasteiger partial charge in [-0.1, -0.05) is 11.6 Å². The highest BCUT2D eigenvalue weighted by molar-refractivity contribution is 9.10. The summed E-state index contributed by atoms with van der Waals surface area (Å²) < 4.78 is 6.13. The second-order valence-electron chi connectivity index (χ2n) is 3.21. The predicted molar refractivity (Wildman–Crippen MR) is 65.7 cm³/mol. The molecule has 0 aliphatic heterocycles. The average molecular weight is 287 g/mol. The lowest BCUT2D eigenvalue weighted by molar-refractivity contribution is 0.415. The lowest BCUT2D eigenvalue weighted by Crippen LogP contribution is -1.89. The molecule has 15 heavy (non-hydrogen) atoms. The molecule has 0 amide bonds. The Balaban J connectivity index is 2.85. The first-order chi connectivity index (χ1) is 7.13. The SMILES string of the molecule is COc1ccc2c(Cl)nc(C)c(Br)c2c1. The Morgan fingerprint density at radius 2 is 2.07 bits per heavy atom. The van der Waals surface area contributed by atoms with Crippen LogP contribution in [0.3, 0.4) is 0 Å². The van der Waals surface area contributed by atoms with Crippen LogP contribution < -0.4 is 4.74 Å². The molecular formula is C11H9BrClNO. The van der Waals surface area contributed by atoms with Gasteiger partial charge in [-0.15, -0.1) is 0 Å². The Morgan fingerprint density at radius 1 is 1.33 bits per heavy atom. The van der Waals surface area contributed by atoms with Gasteiger partial charge in [0.2, 0.25) is 0 Å². The van der Waals surface area contributed by atoms with E-state index in [2.05, 4.69) is 20.9 Å². The summed E-state index contributed by atoms with van der Waals surface area (Å²) in [5.41, 5.74) is 0.876. The van der Waals surface area contributed by atoms with Gasteiger partial charge in [0.15, 0.2) is 0 Å². The van der Waals surface area contributed by atoms with Crippen LogP contribution in [0, 0.1) is 6.92 Å². The number of aromatic nitrogens is 1. The lowest BCUT2D eigenvalue weighted by atomic mass is 10.1. The Labute approximate surface area is 101 Å². The summed E-state index contributed by atoms with van der Waals surface area (Å²) in [7, 11) is 1.64. The number of hydrogen-bond donors (Lipinski definition) is 0. The minimum absolute atomic E-state index is 0.522. The molecule has 0 saturated heterocycles. The molecule has 2 rings (SSSR count). The zero-order valence-electron chi connectivity index (χ0n) is 8.34. The van der Waals surface area contributed by atoms with Gasteiger partial charge in [-0.25, -0.2) is 4.98 Å². The molecule has 1 heterocycles. The van der Waals surface area contributed by atoms with Crippen LogP contribution in [0.2, 0.25) is 5.15 Å². The van der Waals surface area contributed by atoms with Crippen molar-refractivity contribution in [1.82, 2.24) is 4.98 Å². The van der Waals surface area contributed by atoms with Crippen LogP contribution in [-0.2, 0) is 0 Å². The van der Waals surface area contributed by atoms with Gasteiger partial charge < -0.3 is 4.74 Å². The van der Waals surface area contributed by atoms with E-state index in [1.54, 1.807) is 7.11 Å². The number of ether oxygens (including phenoxy) is 1. The molecule has 1 aromatic carbocycles. The molecule has 78 valence electrons. The lowest BCUT2D eigenvalue weighted by Gasteiger charge is -2.07. The van der Waals surface area contributed by atoms with Gasteiger partial charge in [-0.2, -0.15) is 0 Å². The van der Waals surface area contributed by atoms with Crippen molar-refractivity contribution in [2.75, 3.05) is 7.11 Å². The van der Waals surface area contributed by atoms with Gasteiger partial charge in [-0.3, -0.25) is 0 Å². The number of pyridine rings is 1. The first kappa shape index (κ1) is 10.7. The number of aryl methyl sites for hydroxylation is 1. The van der Waals surface area contributed by atoms with Crippen molar-refractivity contribution in [2.45, 2.75) is 6.92 Å². The summed E-state index contributed by atoms with van der Waals surface area (Å²) in [5, 5.41) is 2.47. The monoisotopic (exact) mass is 285 g/mol. The molecule has 0 bridgehead atoms. The summed E-state index contributed by atoms with van der Waals surface area (Å²) >= 11 is 9.56. The fourth-order valence-corrected chi connectivity index (χ4v) is 2.17. The van der Waals surface area contributed by atoms with E-state index in [4.69, 9.17) is 16.3 Å². The zero-order chi connectivity index (χ0) is 11.0. The van der Waals surface area contributed by atoms with Crippen molar-refractivity contribution in [3.05, 3.63) is 33.5 Å². The molecule has 2 nitrogen and oxygen atoms in total. The van der Waals surface area contributed by atoms with Crippen LogP contribution in [0.5, 0.6) is 5.75 Å². The summed E-state index contributed by atoms with van der Waals surface area (Å²) in [6, 6.07) is 5.73. The van der Waals surface area contributed by atoms with E-state index in [-0.39, 0.29) is 0 Å². The third-order valence-corrected chi connectivity index (χ3v) is 3.56. The van der Waals surface area contributed by atoms with Crippen molar-refractivity contribution in [3.63, 3.8) is 0 Å². The van der Waals surface area contributed by atoms with Crippen molar-refractivity contribution in [3.8, 4) is 5.75 Å². The van der Waals surface area contributed by atoms with Crippen LogP contribution in [0.15, 0.2) is 22.7 Å². The highest BCUT2D eigenvalue weighted by atomic mass is 79.9. The average Bonchev–Trinajstić information content (AvgIpc) is 2.25. The molecule has 4 heteroatoms. The quantitative estimate of drug-likeness (QED) is 0.740. The molecule has 0 aliphatic carbocycles. The first-order valence-corrected chi connectivity index (χ1v) is 5.60. The van der Waals surface area contributed by atoms with Crippen molar-refractivity contribution >= 4 is 38.3 Å². The molecule has 0 fully saturated rings. The minimum atomic E-state index is 0.522. The Hall–Kier alpha value is -0.800. The van der Waals surface area contributed by atoms with Gasteiger partial charge in [-0.05, 0) is 41.1 Å². The van der Waals surface area contributed by atoms with Crippen LogP contribution in [0.4, 0.5) is 0 Å². The largest absolute Gasteiger partial charge is 0.497 e. The molecule has 0 aliphatic rings. The van der Waals surface area contributed by atoms with E-state index in [0.29, 0.717) is 5.15 Å². The number of fused-ring (bicyclic) bond motifs is 1. The van der Waals surface area contributed by atoms with Gasteiger partial charge in [0.1, 0.15) is 10.9 Å². The summed E-state index contributed by atoms with van der Waals surface area (Å²) in [6.07, 6.45) is 0. The maximum absolute atomic E-state index is 6.06. The zero-order valence-corrected chi connectivity index (χ0v) is 10.7. The van der Waals surface area contributed by atoms with Crippen molar-refractivity contribution < 1.29 is 4.74 Å². The molecule has 2 aromatic rings. The standard InChI is InChI=1S/C11H9BrClNO/c1-6-10(12)9-5-7(15-2)3-4-8(9)11(13)14-6/h3-5H,1-2H3. The number of benzene rings is 1. The number of methoxy groups -OCH3 is 1. The summed E-state index contributed by atoms with van der Waals surface area (Å²) in [4.78, 5) is 4.23. The van der Waals surface area contributed by atoms with E-state index in [1.807, 2.05) is 25.1 Å². The van der Waals surface area contributed by atoms with E-state index < -0.39 is 0 Å². The predicted octanol–water partition coefficient (Wildman–Crippen LogP) is 3.97. The number of nitrogens with zero attached hydrogens (tertiary/aromatic N) is 1. The van der Waals surface area contributed by atoms with E-state index in [1.165, 1.54) is 0 Å². The van der Waals surface area contributed by atoms with Crippen molar-refractivity contribution in [1.29, 1.82) is 0 Å². The third-order valence-electron chi connectivity index (χ3n) is 2.27. The molecule has 1 aromatic heterocycles. The maximum Gasteiger partial charge on any atom is 0.137 e. The van der Waals surface area contributed by atoms with E-state index in [0.717, 1.165) is 26.7 Å². The molecule has 0 N–H and O–H groups in total. The molecule has 0 atom stereocenters. The number of hydrogen-bond acceptors (Lipinski definition) is 2.